The van der Waals surface area contributed by atoms with Crippen LogP contribution in [0.1, 0.15) is 80.7 Å². The molecule has 0 unspecified atom stereocenters. The highest BCUT2D eigenvalue weighted by atomic mass is 16.3. The Hall–Kier alpha value is -9.45. The molecular formula is C68H86N12O11. The van der Waals surface area contributed by atoms with Crippen molar-refractivity contribution >= 4 is 64.1 Å². The van der Waals surface area contributed by atoms with Crippen molar-refractivity contribution in [2.45, 2.75) is 139 Å². The molecule has 9 amide bonds. The van der Waals surface area contributed by atoms with Gasteiger partial charge in [-0.25, -0.2) is 0 Å². The lowest BCUT2D eigenvalue weighted by molar-refractivity contribution is -0.145. The number of fused-ring (bicyclic) bond motifs is 1. The maximum absolute atomic E-state index is 15.6. The molecule has 1 aromatic heterocycles. The number of phenols is 1. The zero-order chi connectivity index (χ0) is 65.6. The van der Waals surface area contributed by atoms with Gasteiger partial charge in [-0.1, -0.05) is 135 Å². The number of para-hydroxylation sites is 1. The summed E-state index contributed by atoms with van der Waals surface area (Å²) in [5.41, 5.74) is 22.2. The monoisotopic (exact) mass is 1250 g/mol. The maximum Gasteiger partial charge on any atom is 0.246 e. The van der Waals surface area contributed by atoms with Crippen LogP contribution in [-0.2, 0) is 75.3 Å². The Morgan fingerprint density at radius 3 is 1.82 bits per heavy atom. The lowest BCUT2D eigenvalue weighted by Crippen LogP contribution is -2.62. The van der Waals surface area contributed by atoms with E-state index in [1.165, 1.54) is 28.9 Å². The second-order valence-corrected chi connectivity index (χ2v) is 23.5. The average molecular weight is 1250 g/mol. The van der Waals surface area contributed by atoms with Crippen LogP contribution in [0.2, 0.25) is 0 Å². The fraction of sp³-hybridized carbons (Fsp3) is 0.397. The van der Waals surface area contributed by atoms with Gasteiger partial charge in [-0.2, -0.15) is 0 Å². The number of carbonyl (C=O) groups excluding carboxylic acids is 9. The molecule has 1 saturated heterocycles. The smallest absolute Gasteiger partial charge is 0.246 e. The number of nitrogens with two attached hydrogens (primary N) is 3. The fourth-order valence-corrected chi connectivity index (χ4v) is 11.2. The van der Waals surface area contributed by atoms with E-state index in [1.807, 2.05) is 30.3 Å². The van der Waals surface area contributed by atoms with E-state index in [4.69, 9.17) is 17.2 Å². The molecule has 0 radical (unpaired) electrons. The minimum absolute atomic E-state index is 0.00708. The standard InChI is InChI=1S/C68H86N12O11/c1-42(2)59-68(91)79(57(39-46-22-11-6-12-23-46)66(89)78-60(43(3)81)61(71)84)34-17-33-72-58(83)31-35-80(67(90)51(70)36-44-18-7-4-8-19-44)56(38-45-20-9-5-10-21-45)65(88)76-54(37-47-27-29-49(82)30-28-47)63(86)75-55(40-48-41-73-52-25-14-13-24-50(48)52)64(87)74-53(62(85)77-59)26-15-16-32-69/h4-14,18-25,27-30,41-43,51,53-57,59-60,73,81-82H,15-17,26,31-40,69-70H2,1-3H3,(H2,71,84)(H,72,83)(H,74,87)(H,75,86)(H,76,88)(H,77,85)(H,78,89)/t43-,51-,53+,54+,55-,56+,57+,59+,60+/m1/s1. The van der Waals surface area contributed by atoms with Gasteiger partial charge in [0.25, 0.3) is 0 Å². The minimum Gasteiger partial charge on any atom is -0.508 e. The molecule has 7 rings (SSSR count). The van der Waals surface area contributed by atoms with Crippen LogP contribution in [0.4, 0.5) is 0 Å². The number of aromatic nitrogens is 1. The number of aliphatic hydroxyl groups is 1. The summed E-state index contributed by atoms with van der Waals surface area (Å²) in [5, 5.41) is 38.6. The lowest BCUT2D eigenvalue weighted by atomic mass is 9.97. The Morgan fingerprint density at radius 1 is 0.648 bits per heavy atom. The number of amides is 9. The molecule has 0 spiro atoms. The number of phenolic OH excluding ortho intramolecular Hbond substituents is 1. The third-order valence-corrected chi connectivity index (χ3v) is 16.2. The number of unbranched alkanes of at least 4 members (excludes halogenated alkanes) is 1. The van der Waals surface area contributed by atoms with Gasteiger partial charge in [0, 0.05) is 68.8 Å². The number of nitrogens with zero attached hydrogens (tertiary/aromatic N) is 2. The van der Waals surface area contributed by atoms with Crippen molar-refractivity contribution in [3.8, 4) is 5.75 Å². The van der Waals surface area contributed by atoms with Crippen LogP contribution in [0, 0.1) is 5.92 Å². The van der Waals surface area contributed by atoms with Crippen LogP contribution in [-0.4, -0.2) is 159 Å². The topological polar surface area (TPSA) is 367 Å². The number of hydrogen-bond acceptors (Lipinski definition) is 13. The van der Waals surface area contributed by atoms with Crippen molar-refractivity contribution in [2.24, 2.45) is 23.1 Å². The Kier molecular flexibility index (Phi) is 25.7. The zero-order valence-electron chi connectivity index (χ0n) is 51.7. The highest BCUT2D eigenvalue weighted by Crippen LogP contribution is 2.23. The third kappa shape index (κ3) is 20.0. The molecule has 2 heterocycles. The molecule has 484 valence electrons. The Bertz CT molecular complexity index is 3400. The number of aromatic amines is 1. The highest BCUT2D eigenvalue weighted by molar-refractivity contribution is 5.99. The third-order valence-electron chi connectivity index (χ3n) is 16.2. The van der Waals surface area contributed by atoms with E-state index in [9.17, 15) is 24.6 Å². The van der Waals surface area contributed by atoms with E-state index in [2.05, 4.69) is 36.9 Å². The van der Waals surface area contributed by atoms with E-state index in [0.717, 1.165) is 16.5 Å². The van der Waals surface area contributed by atoms with Crippen molar-refractivity contribution in [1.29, 1.82) is 0 Å². The van der Waals surface area contributed by atoms with Crippen LogP contribution in [0.3, 0.4) is 0 Å². The average Bonchev–Trinajstić information content (AvgIpc) is 1.83. The van der Waals surface area contributed by atoms with Crippen molar-refractivity contribution < 1.29 is 53.4 Å². The van der Waals surface area contributed by atoms with Crippen molar-refractivity contribution in [1.82, 2.24) is 46.7 Å². The number of aromatic hydroxyl groups is 1. The number of nitrogens with one attached hydrogen (secondary N) is 7. The summed E-state index contributed by atoms with van der Waals surface area (Å²) in [5.74, 6) is -7.84. The van der Waals surface area contributed by atoms with E-state index in [0.29, 0.717) is 35.1 Å². The maximum atomic E-state index is 15.6. The van der Waals surface area contributed by atoms with Crippen molar-refractivity contribution in [2.75, 3.05) is 26.2 Å². The first kappa shape index (κ1) is 69.0. The molecule has 5 aromatic carbocycles. The van der Waals surface area contributed by atoms with Gasteiger partial charge < -0.3 is 74.1 Å². The van der Waals surface area contributed by atoms with E-state index < -0.39 is 114 Å². The van der Waals surface area contributed by atoms with E-state index >= 15 is 28.8 Å². The second kappa shape index (κ2) is 33.9. The number of rotatable bonds is 21. The van der Waals surface area contributed by atoms with E-state index in [-0.39, 0.29) is 83.3 Å². The summed E-state index contributed by atoms with van der Waals surface area (Å²) in [4.78, 5) is 139. The first-order chi connectivity index (χ1) is 43.7. The van der Waals surface area contributed by atoms with Gasteiger partial charge in [-0.15, -0.1) is 0 Å². The fourth-order valence-electron chi connectivity index (χ4n) is 11.2. The van der Waals surface area contributed by atoms with Gasteiger partial charge in [0.05, 0.1) is 12.1 Å². The summed E-state index contributed by atoms with van der Waals surface area (Å²) in [7, 11) is 0. The predicted molar refractivity (Wildman–Crippen MR) is 344 cm³/mol. The first-order valence-electron chi connectivity index (χ1n) is 31.0. The summed E-state index contributed by atoms with van der Waals surface area (Å²) >= 11 is 0. The van der Waals surface area contributed by atoms with Gasteiger partial charge in [0.2, 0.25) is 53.2 Å². The normalized spacial score (nSPS) is 20.1. The lowest BCUT2D eigenvalue weighted by Gasteiger charge is -2.36. The Labute approximate surface area is 530 Å². The number of hydrogen-bond donors (Lipinski definition) is 12. The number of primary amides is 1. The van der Waals surface area contributed by atoms with Crippen molar-refractivity contribution in [3.05, 3.63) is 174 Å². The molecule has 0 bridgehead atoms. The molecule has 23 heteroatoms. The summed E-state index contributed by atoms with van der Waals surface area (Å²) in [6.07, 6.45) is 0.177. The molecular weight excluding hydrogens is 1160 g/mol. The van der Waals surface area contributed by atoms with Gasteiger partial charge in [0.1, 0.15) is 48.0 Å². The molecule has 0 saturated carbocycles. The predicted octanol–water partition coefficient (Wildman–Crippen LogP) is 2.09. The molecule has 9 atom stereocenters. The van der Waals surface area contributed by atoms with Gasteiger partial charge in [-0.05, 0) is 97.5 Å². The SMILES string of the molecule is CC(C)[C@@H]1NC(=O)[C@H](CCCCN)NC(=O)[C@@H](Cc2c[nH]c3ccccc23)NC(=O)[C@H](Cc2ccc(O)cc2)NC(=O)[C@H](Cc2ccccc2)N(C(=O)[C@H](N)Cc2ccccc2)CCC(=O)NCCCN([C@@H](Cc2ccccc2)C(=O)N[C@H](C(N)=O)[C@@H](C)O)C1=O. The molecule has 23 nitrogen and oxygen atoms in total. The summed E-state index contributed by atoms with van der Waals surface area (Å²) in [6.45, 7) is 4.21. The van der Waals surface area contributed by atoms with Crippen LogP contribution >= 0.6 is 0 Å². The zero-order valence-corrected chi connectivity index (χ0v) is 51.7. The van der Waals surface area contributed by atoms with Crippen LogP contribution < -0.4 is 49.1 Å². The largest absolute Gasteiger partial charge is 0.508 e. The molecule has 1 fully saturated rings. The number of aliphatic hydroxyl groups excluding tert-OH is 1. The number of benzene rings is 5. The van der Waals surface area contributed by atoms with E-state index in [1.54, 1.807) is 117 Å². The van der Waals surface area contributed by atoms with Crippen molar-refractivity contribution in [3.63, 3.8) is 0 Å². The quantitative estimate of drug-likeness (QED) is 0.0460. The van der Waals surface area contributed by atoms with Crippen LogP contribution in [0.5, 0.6) is 5.75 Å². The summed E-state index contributed by atoms with van der Waals surface area (Å²) < 4.78 is 0. The number of H-pyrrole nitrogens is 1. The highest BCUT2D eigenvalue weighted by Gasteiger charge is 2.41. The first-order valence-corrected chi connectivity index (χ1v) is 31.0. The molecule has 15 N–H and O–H groups in total. The molecule has 6 aromatic rings. The molecule has 91 heavy (non-hydrogen) atoms. The minimum atomic E-state index is -1.57. The van der Waals surface area contributed by atoms with Gasteiger partial charge in [-0.3, -0.25) is 43.2 Å². The summed E-state index contributed by atoms with van der Waals surface area (Å²) in [6, 6.07) is 28.6. The molecule has 1 aliphatic heterocycles. The number of carbonyl (C=O) groups is 9. The van der Waals surface area contributed by atoms with Gasteiger partial charge in [0.15, 0.2) is 0 Å². The molecule has 1 aliphatic rings. The Morgan fingerprint density at radius 2 is 1.21 bits per heavy atom. The Balaban J connectivity index is 1.36. The second-order valence-electron chi connectivity index (χ2n) is 23.5. The van der Waals surface area contributed by atoms with Crippen LogP contribution in [0.15, 0.2) is 146 Å². The van der Waals surface area contributed by atoms with Crippen LogP contribution in [0.25, 0.3) is 10.9 Å². The molecule has 0 aliphatic carbocycles. The van der Waals surface area contributed by atoms with Gasteiger partial charge >= 0.3 is 0 Å².